The number of hydrogen-bond acceptors (Lipinski definition) is 9. The lowest BCUT2D eigenvalue weighted by Crippen LogP contribution is -2.74. The minimum absolute atomic E-state index is 0.0898. The molecule has 1 saturated heterocycles. The van der Waals surface area contributed by atoms with Gasteiger partial charge in [0, 0.05) is 32.8 Å². The van der Waals surface area contributed by atoms with Crippen LogP contribution in [0, 0.1) is 0 Å². The van der Waals surface area contributed by atoms with Crippen LogP contribution >= 0.6 is 0 Å². The fourth-order valence-corrected chi connectivity index (χ4v) is 5.59. The summed E-state index contributed by atoms with van der Waals surface area (Å²) < 4.78 is 77.5. The standard InChI is InChI=1S/C38H63F2NO10/c1-6-11-21-45-28-31-32(46-22-12-7-2)33(47-23-13-8-3)34(48-24-14-9-4)38(51-31,50-25-15-10-5)37(39,40)26-30(35(42)43)41-36(44)49-27-29-19-17-16-18-20-29/h16-20,30-34H,6-15,21-28H2,1-5H3,(H,41,44)(H,42,43)/t30?,31-,32+,33+,34-,38-/m1/s1. The Bertz CT molecular complexity index is 1080. The van der Waals surface area contributed by atoms with Crippen LogP contribution in [0.4, 0.5) is 13.6 Å². The van der Waals surface area contributed by atoms with Gasteiger partial charge < -0.3 is 43.6 Å². The molecule has 2 N–H and O–H groups in total. The van der Waals surface area contributed by atoms with Crippen LogP contribution in [0.3, 0.4) is 0 Å². The van der Waals surface area contributed by atoms with Crippen LogP contribution in [-0.4, -0.2) is 99.0 Å². The van der Waals surface area contributed by atoms with Crippen LogP contribution in [0.25, 0.3) is 0 Å². The lowest BCUT2D eigenvalue weighted by Gasteiger charge is -2.54. The van der Waals surface area contributed by atoms with E-state index >= 15 is 8.78 Å². The molecule has 0 radical (unpaired) electrons. The Hall–Kier alpha value is -2.42. The molecule has 1 unspecified atom stereocenters. The van der Waals surface area contributed by atoms with Gasteiger partial charge in [-0.3, -0.25) is 0 Å². The van der Waals surface area contributed by atoms with Crippen molar-refractivity contribution in [2.75, 3.05) is 39.6 Å². The number of ether oxygens (including phenoxy) is 7. The monoisotopic (exact) mass is 731 g/mol. The lowest BCUT2D eigenvalue weighted by atomic mass is 9.85. The summed E-state index contributed by atoms with van der Waals surface area (Å²) in [6.45, 7) is 10.6. The Morgan fingerprint density at radius 3 is 1.96 bits per heavy atom. The molecule has 1 heterocycles. The van der Waals surface area contributed by atoms with Crippen LogP contribution in [-0.2, 0) is 44.6 Å². The van der Waals surface area contributed by atoms with Crippen LogP contribution in [0.5, 0.6) is 0 Å². The SMILES string of the molecule is CCCCOC[C@H]1O[C@@](OCCCC)(C(F)(F)CC(NC(=O)OCc2ccccc2)C(=O)O)[C@H](OCCCC)[C@@H](OCCCC)[C@H]1OCCCC. The molecule has 1 aliphatic rings. The van der Waals surface area contributed by atoms with E-state index in [-0.39, 0.29) is 33.0 Å². The van der Waals surface area contributed by atoms with Crippen molar-refractivity contribution >= 4 is 12.1 Å². The van der Waals surface area contributed by atoms with E-state index in [9.17, 15) is 14.7 Å². The Morgan fingerprint density at radius 1 is 0.824 bits per heavy atom. The second-order valence-corrected chi connectivity index (χ2v) is 13.0. The summed E-state index contributed by atoms with van der Waals surface area (Å²) in [5.74, 6) is -8.54. The number of nitrogens with one attached hydrogen (secondary N) is 1. The highest BCUT2D eigenvalue weighted by Crippen LogP contribution is 2.48. The first-order chi connectivity index (χ1) is 24.6. The lowest BCUT2D eigenvalue weighted by molar-refractivity contribution is -0.435. The average Bonchev–Trinajstić information content (AvgIpc) is 3.11. The molecule has 294 valence electrons. The molecule has 0 aromatic heterocycles. The maximum absolute atomic E-state index is 17.4. The molecule has 1 aromatic carbocycles. The zero-order valence-corrected chi connectivity index (χ0v) is 31.4. The van der Waals surface area contributed by atoms with Gasteiger partial charge >= 0.3 is 18.0 Å². The number of alkyl carbamates (subject to hydrolysis) is 1. The Labute approximate surface area is 303 Å². The second-order valence-electron chi connectivity index (χ2n) is 13.0. The number of benzene rings is 1. The highest BCUT2D eigenvalue weighted by molar-refractivity contribution is 5.80. The highest BCUT2D eigenvalue weighted by atomic mass is 19.3. The summed E-state index contributed by atoms with van der Waals surface area (Å²) in [7, 11) is 0. The van der Waals surface area contributed by atoms with E-state index < -0.39 is 60.7 Å². The number of unbranched alkanes of at least 4 members (excludes halogenated alkanes) is 5. The minimum Gasteiger partial charge on any atom is -0.480 e. The van der Waals surface area contributed by atoms with Gasteiger partial charge in [-0.2, -0.15) is 0 Å². The molecule has 1 fully saturated rings. The number of carbonyl (C=O) groups is 2. The van der Waals surface area contributed by atoms with Crippen molar-refractivity contribution in [2.45, 2.75) is 154 Å². The van der Waals surface area contributed by atoms with Crippen molar-refractivity contribution in [3.63, 3.8) is 0 Å². The molecule has 1 aliphatic heterocycles. The number of aliphatic carboxylic acids is 1. The van der Waals surface area contributed by atoms with Gasteiger partial charge in [0.15, 0.2) is 0 Å². The fraction of sp³-hybridized carbons (Fsp3) is 0.789. The summed E-state index contributed by atoms with van der Waals surface area (Å²) in [6, 6.07) is 6.66. The number of alkyl halides is 2. The fourth-order valence-electron chi connectivity index (χ4n) is 5.59. The Kier molecular flexibility index (Phi) is 21.7. The van der Waals surface area contributed by atoms with Crippen LogP contribution in [0.1, 0.15) is 111 Å². The predicted octanol–water partition coefficient (Wildman–Crippen LogP) is 7.68. The maximum atomic E-state index is 17.4. The maximum Gasteiger partial charge on any atom is 0.408 e. The smallest absolute Gasteiger partial charge is 0.408 e. The van der Waals surface area contributed by atoms with Crippen molar-refractivity contribution in [3.05, 3.63) is 35.9 Å². The quantitative estimate of drug-likeness (QED) is 0.0828. The van der Waals surface area contributed by atoms with Gasteiger partial charge in [0.1, 0.15) is 37.1 Å². The molecule has 11 nitrogen and oxygen atoms in total. The van der Waals surface area contributed by atoms with Gasteiger partial charge in [0.2, 0.25) is 0 Å². The van der Waals surface area contributed by atoms with E-state index in [1.807, 2.05) is 34.6 Å². The molecular weight excluding hydrogens is 668 g/mol. The molecule has 6 atom stereocenters. The third-order valence-corrected chi connectivity index (χ3v) is 8.61. The third kappa shape index (κ3) is 14.5. The van der Waals surface area contributed by atoms with Gasteiger partial charge in [-0.25, -0.2) is 18.4 Å². The molecule has 13 heteroatoms. The first-order valence-electron chi connectivity index (χ1n) is 18.9. The second kappa shape index (κ2) is 24.8. The molecule has 51 heavy (non-hydrogen) atoms. The zero-order valence-electron chi connectivity index (χ0n) is 31.4. The summed E-state index contributed by atoms with van der Waals surface area (Å²) in [6.07, 6.45) is -0.0281. The molecular formula is C38H63F2NO10. The van der Waals surface area contributed by atoms with Crippen molar-refractivity contribution < 1.29 is 56.6 Å². The number of rotatable bonds is 28. The Balaban J connectivity index is 2.61. The number of amides is 1. The summed E-state index contributed by atoms with van der Waals surface area (Å²) in [4.78, 5) is 25.2. The molecule has 0 spiro atoms. The minimum atomic E-state index is -4.05. The summed E-state index contributed by atoms with van der Waals surface area (Å²) >= 11 is 0. The van der Waals surface area contributed by atoms with Crippen molar-refractivity contribution in [1.29, 1.82) is 0 Å². The number of carbonyl (C=O) groups excluding carboxylic acids is 1. The van der Waals surface area contributed by atoms with Crippen LogP contribution in [0.15, 0.2) is 30.3 Å². The van der Waals surface area contributed by atoms with Gasteiger partial charge in [-0.15, -0.1) is 0 Å². The Morgan fingerprint density at radius 2 is 1.37 bits per heavy atom. The van der Waals surface area contributed by atoms with E-state index in [4.69, 9.17) is 33.2 Å². The van der Waals surface area contributed by atoms with E-state index in [2.05, 4.69) is 5.32 Å². The van der Waals surface area contributed by atoms with E-state index in [0.29, 0.717) is 44.5 Å². The van der Waals surface area contributed by atoms with Gasteiger partial charge in [0.25, 0.3) is 5.79 Å². The molecule has 0 bridgehead atoms. The number of hydrogen-bond donors (Lipinski definition) is 2. The number of carboxylic acids is 1. The number of carboxylic acid groups (broad SMARTS) is 1. The van der Waals surface area contributed by atoms with E-state index in [1.165, 1.54) is 0 Å². The third-order valence-electron chi connectivity index (χ3n) is 8.61. The molecule has 1 amide bonds. The largest absolute Gasteiger partial charge is 0.480 e. The van der Waals surface area contributed by atoms with E-state index in [1.54, 1.807) is 30.3 Å². The van der Waals surface area contributed by atoms with Crippen molar-refractivity contribution in [3.8, 4) is 0 Å². The van der Waals surface area contributed by atoms with Crippen LogP contribution in [0.2, 0.25) is 0 Å². The summed E-state index contributed by atoms with van der Waals surface area (Å²) in [5, 5.41) is 12.2. The predicted molar refractivity (Wildman–Crippen MR) is 189 cm³/mol. The van der Waals surface area contributed by atoms with Crippen molar-refractivity contribution in [2.24, 2.45) is 0 Å². The van der Waals surface area contributed by atoms with Crippen LogP contribution < -0.4 is 5.32 Å². The molecule has 0 aliphatic carbocycles. The highest BCUT2D eigenvalue weighted by Gasteiger charge is 2.70. The molecule has 2 rings (SSSR count). The zero-order chi connectivity index (χ0) is 37.5. The van der Waals surface area contributed by atoms with Gasteiger partial charge in [-0.05, 0) is 37.7 Å². The average molecular weight is 732 g/mol. The first-order valence-corrected chi connectivity index (χ1v) is 18.9. The van der Waals surface area contributed by atoms with Gasteiger partial charge in [0.05, 0.1) is 13.2 Å². The first kappa shape index (κ1) is 44.7. The topological polar surface area (TPSA) is 131 Å². The summed E-state index contributed by atoms with van der Waals surface area (Å²) in [5.41, 5.74) is 0.646. The molecule has 0 saturated carbocycles. The number of halogens is 2. The normalized spacial score (nSPS) is 22.8. The molecule has 1 aromatic rings. The van der Waals surface area contributed by atoms with E-state index in [0.717, 1.165) is 38.5 Å². The van der Waals surface area contributed by atoms with Crippen molar-refractivity contribution in [1.82, 2.24) is 5.32 Å². The van der Waals surface area contributed by atoms with Gasteiger partial charge in [-0.1, -0.05) is 97.1 Å².